The number of aliphatic hydroxyl groups is 1. The van der Waals surface area contributed by atoms with Gasteiger partial charge in [-0.05, 0) is 19.9 Å². The molecule has 0 saturated heterocycles. The van der Waals surface area contributed by atoms with Crippen LogP contribution in [0.2, 0.25) is 0 Å². The Bertz CT molecular complexity index is 779. The van der Waals surface area contributed by atoms with E-state index < -0.39 is 17.3 Å². The van der Waals surface area contributed by atoms with Gasteiger partial charge in [0.1, 0.15) is 5.76 Å². The molecule has 0 aromatic carbocycles. The summed E-state index contributed by atoms with van der Waals surface area (Å²) in [4.78, 5) is 28.1. The number of hydrogen-bond acceptors (Lipinski definition) is 4. The predicted octanol–water partition coefficient (Wildman–Crippen LogP) is 0.457. The molecule has 0 fully saturated rings. The van der Waals surface area contributed by atoms with E-state index in [-0.39, 0.29) is 5.76 Å². The fourth-order valence-electron chi connectivity index (χ4n) is 2.04. The van der Waals surface area contributed by atoms with Crippen LogP contribution in [0.25, 0.3) is 11.2 Å². The van der Waals surface area contributed by atoms with Crippen LogP contribution in [0.5, 0.6) is 0 Å². The highest BCUT2D eigenvalue weighted by molar-refractivity contribution is 5.70. The van der Waals surface area contributed by atoms with Crippen LogP contribution >= 0.6 is 0 Å². The Kier molecular flexibility index (Phi) is 3.05. The van der Waals surface area contributed by atoms with Crippen LogP contribution in [0.4, 0.5) is 0 Å². The Hall–Kier alpha value is -2.31. The van der Waals surface area contributed by atoms with Crippen LogP contribution < -0.4 is 11.2 Å². The second-order valence-corrected chi connectivity index (χ2v) is 4.42. The Morgan fingerprint density at radius 1 is 1.37 bits per heavy atom. The highest BCUT2D eigenvalue weighted by atomic mass is 16.3. The fraction of sp³-hybridized carbons (Fsp3) is 0.417. The van der Waals surface area contributed by atoms with Crippen molar-refractivity contribution in [3.8, 4) is 0 Å². The molecule has 0 saturated carbocycles. The molecule has 0 amide bonds. The number of hydrogen-bond donors (Lipinski definition) is 1. The molecule has 2 heterocycles. The molecular formula is C12H16N4O3. The van der Waals surface area contributed by atoms with E-state index in [4.69, 9.17) is 0 Å². The average Bonchev–Trinajstić information content (AvgIpc) is 2.85. The lowest BCUT2D eigenvalue weighted by Gasteiger charge is -2.13. The van der Waals surface area contributed by atoms with E-state index >= 15 is 0 Å². The van der Waals surface area contributed by atoms with Gasteiger partial charge >= 0.3 is 5.69 Å². The lowest BCUT2D eigenvalue weighted by molar-refractivity contribution is 0.340. The van der Waals surface area contributed by atoms with Crippen LogP contribution in [0.1, 0.15) is 19.9 Å². The molecular weight excluding hydrogens is 248 g/mol. The highest BCUT2D eigenvalue weighted by Gasteiger charge is 2.18. The minimum absolute atomic E-state index is 0.134. The Labute approximate surface area is 109 Å². The smallest absolute Gasteiger partial charge is 0.332 e. The van der Waals surface area contributed by atoms with E-state index in [1.165, 1.54) is 17.9 Å². The third-order valence-corrected chi connectivity index (χ3v) is 3.31. The molecule has 1 atom stereocenters. The first-order valence-electron chi connectivity index (χ1n) is 5.87. The molecule has 0 bridgehead atoms. The number of rotatable bonds is 2. The SMILES string of the molecule is C/C=C(\O)[C@H](C)n1cnc2c1c(=O)n(C)c(=O)n2C. The molecule has 0 aliphatic carbocycles. The number of aliphatic hydroxyl groups excluding tert-OH is 1. The summed E-state index contributed by atoms with van der Waals surface area (Å²) in [5.74, 6) is 0.134. The zero-order valence-corrected chi connectivity index (χ0v) is 11.3. The number of allylic oxidation sites excluding steroid dienone is 2. The molecule has 0 radical (unpaired) electrons. The maximum absolute atomic E-state index is 12.2. The average molecular weight is 264 g/mol. The largest absolute Gasteiger partial charge is 0.510 e. The molecule has 0 spiro atoms. The summed E-state index contributed by atoms with van der Waals surface area (Å²) >= 11 is 0. The maximum Gasteiger partial charge on any atom is 0.332 e. The first kappa shape index (κ1) is 13.1. The van der Waals surface area contributed by atoms with Crippen LogP contribution in [0.15, 0.2) is 27.8 Å². The van der Waals surface area contributed by atoms with Gasteiger partial charge in [-0.1, -0.05) is 0 Å². The van der Waals surface area contributed by atoms with Gasteiger partial charge < -0.3 is 9.67 Å². The summed E-state index contributed by atoms with van der Waals surface area (Å²) in [7, 11) is 2.98. The summed E-state index contributed by atoms with van der Waals surface area (Å²) in [5.41, 5.74) is -0.244. The Balaban J connectivity index is 2.88. The second kappa shape index (κ2) is 4.42. The van der Waals surface area contributed by atoms with Gasteiger partial charge in [0.2, 0.25) is 0 Å². The van der Waals surface area contributed by atoms with Crippen molar-refractivity contribution in [3.63, 3.8) is 0 Å². The van der Waals surface area contributed by atoms with Crippen molar-refractivity contribution in [1.29, 1.82) is 0 Å². The fourth-order valence-corrected chi connectivity index (χ4v) is 2.04. The molecule has 102 valence electrons. The maximum atomic E-state index is 12.2. The van der Waals surface area contributed by atoms with Crippen LogP contribution in [0, 0.1) is 0 Å². The molecule has 0 aliphatic heterocycles. The molecule has 19 heavy (non-hydrogen) atoms. The molecule has 7 nitrogen and oxygen atoms in total. The van der Waals surface area contributed by atoms with Gasteiger partial charge in [0, 0.05) is 14.1 Å². The third-order valence-electron chi connectivity index (χ3n) is 3.31. The van der Waals surface area contributed by atoms with E-state index in [1.807, 2.05) is 0 Å². The zero-order valence-electron chi connectivity index (χ0n) is 11.3. The van der Waals surface area contributed by atoms with Crippen molar-refractivity contribution < 1.29 is 5.11 Å². The van der Waals surface area contributed by atoms with Gasteiger partial charge in [0.25, 0.3) is 5.56 Å². The monoisotopic (exact) mass is 264 g/mol. The van der Waals surface area contributed by atoms with E-state index in [0.29, 0.717) is 11.2 Å². The first-order chi connectivity index (χ1) is 8.90. The quantitative estimate of drug-likeness (QED) is 0.799. The number of aromatic nitrogens is 4. The summed E-state index contributed by atoms with van der Waals surface area (Å²) in [6, 6.07) is -0.416. The van der Waals surface area contributed by atoms with Gasteiger partial charge in [0.05, 0.1) is 12.4 Å². The minimum atomic E-state index is -0.425. The van der Waals surface area contributed by atoms with E-state index in [2.05, 4.69) is 4.98 Å². The predicted molar refractivity (Wildman–Crippen MR) is 71.3 cm³/mol. The van der Waals surface area contributed by atoms with Crippen molar-refractivity contribution in [3.05, 3.63) is 39.0 Å². The molecule has 0 unspecified atom stereocenters. The number of fused-ring (bicyclic) bond motifs is 1. The summed E-state index contributed by atoms with van der Waals surface area (Å²) in [5, 5.41) is 9.78. The molecule has 2 aromatic rings. The molecule has 1 N–H and O–H groups in total. The van der Waals surface area contributed by atoms with Gasteiger partial charge in [-0.15, -0.1) is 0 Å². The third kappa shape index (κ3) is 1.78. The highest BCUT2D eigenvalue weighted by Crippen LogP contribution is 2.18. The zero-order chi connectivity index (χ0) is 14.3. The Morgan fingerprint density at radius 3 is 2.58 bits per heavy atom. The number of nitrogens with zero attached hydrogens (tertiary/aromatic N) is 4. The van der Waals surface area contributed by atoms with Crippen molar-refractivity contribution >= 4 is 11.2 Å². The van der Waals surface area contributed by atoms with Crippen LogP contribution in [-0.2, 0) is 14.1 Å². The lowest BCUT2D eigenvalue weighted by Crippen LogP contribution is -2.37. The number of imidazole rings is 1. The van der Waals surface area contributed by atoms with Gasteiger partial charge in [-0.2, -0.15) is 0 Å². The van der Waals surface area contributed by atoms with E-state index in [9.17, 15) is 14.7 Å². The van der Waals surface area contributed by atoms with Crippen molar-refractivity contribution in [1.82, 2.24) is 18.7 Å². The standard InChI is InChI=1S/C12H16N4O3/c1-5-8(17)7(2)16-6-13-10-9(16)11(18)15(4)12(19)14(10)3/h5-7,17H,1-4H3/b8-5-/t7-/m0/s1. The van der Waals surface area contributed by atoms with Crippen molar-refractivity contribution in [2.45, 2.75) is 19.9 Å². The summed E-state index contributed by atoms with van der Waals surface area (Å²) in [6.07, 6.45) is 3.01. The molecule has 2 rings (SSSR count). The summed E-state index contributed by atoms with van der Waals surface area (Å²) < 4.78 is 3.90. The van der Waals surface area contributed by atoms with Gasteiger partial charge in [-0.25, -0.2) is 9.78 Å². The normalized spacial score (nSPS) is 14.0. The van der Waals surface area contributed by atoms with Crippen LogP contribution in [-0.4, -0.2) is 23.8 Å². The summed E-state index contributed by atoms with van der Waals surface area (Å²) in [6.45, 7) is 3.46. The van der Waals surface area contributed by atoms with E-state index in [1.54, 1.807) is 31.5 Å². The Morgan fingerprint density at radius 2 is 2.00 bits per heavy atom. The van der Waals surface area contributed by atoms with Crippen LogP contribution in [0.3, 0.4) is 0 Å². The second-order valence-electron chi connectivity index (χ2n) is 4.42. The molecule has 7 heteroatoms. The first-order valence-corrected chi connectivity index (χ1v) is 5.87. The van der Waals surface area contributed by atoms with Crippen molar-refractivity contribution in [2.75, 3.05) is 0 Å². The topological polar surface area (TPSA) is 82.1 Å². The van der Waals surface area contributed by atoms with Gasteiger partial charge in [0.15, 0.2) is 11.2 Å². The van der Waals surface area contributed by atoms with E-state index in [0.717, 1.165) is 4.57 Å². The van der Waals surface area contributed by atoms with Crippen molar-refractivity contribution in [2.24, 2.45) is 14.1 Å². The number of aryl methyl sites for hydroxylation is 1. The molecule has 0 aliphatic rings. The minimum Gasteiger partial charge on any atom is -0.510 e. The van der Waals surface area contributed by atoms with Gasteiger partial charge in [-0.3, -0.25) is 13.9 Å². The molecule has 2 aromatic heterocycles. The lowest BCUT2D eigenvalue weighted by atomic mass is 10.2.